The number of piperazine rings is 1. The normalized spacial score (nSPS) is 14.2. The van der Waals surface area contributed by atoms with Gasteiger partial charge in [-0.05, 0) is 48.5 Å². The Hall–Kier alpha value is -2.90. The molecule has 1 N–H and O–H groups in total. The van der Waals surface area contributed by atoms with Crippen LogP contribution in [0.15, 0.2) is 48.5 Å². The summed E-state index contributed by atoms with van der Waals surface area (Å²) in [5.41, 5.74) is 3.29. The molecule has 0 unspecified atom stereocenters. The molecule has 1 aliphatic rings. The first-order valence-electron chi connectivity index (χ1n) is 9.68. The minimum Gasteiger partial charge on any atom is -0.378 e. The Kier molecular flexibility index (Phi) is 6.01. The fourth-order valence-electron chi connectivity index (χ4n) is 3.61. The fraction of sp³-hybridized carbons (Fsp3) is 0.273. The maximum absolute atomic E-state index is 13.0. The molecule has 0 saturated carbocycles. The number of carbonyl (C=O) groups excluding carboxylic acids is 1. The second-order valence-electron chi connectivity index (χ2n) is 7.14. The summed E-state index contributed by atoms with van der Waals surface area (Å²) in [6.45, 7) is 2.93. The summed E-state index contributed by atoms with van der Waals surface area (Å²) in [5, 5.41) is 4.47. The number of nitrogens with one attached hydrogen (secondary N) is 1. The summed E-state index contributed by atoms with van der Waals surface area (Å²) < 4.78 is 18.3. The summed E-state index contributed by atoms with van der Waals surface area (Å²) in [6.07, 6.45) is 0. The van der Waals surface area contributed by atoms with Crippen LogP contribution in [0.4, 0.5) is 20.6 Å². The molecule has 1 saturated heterocycles. The number of amides is 2. The second kappa shape index (κ2) is 8.85. The van der Waals surface area contributed by atoms with E-state index in [1.807, 2.05) is 24.3 Å². The Morgan fingerprint density at radius 3 is 2.57 bits per heavy atom. The molecule has 0 radical (unpaired) electrons. The summed E-state index contributed by atoms with van der Waals surface area (Å²) in [4.78, 5) is 21.2. The highest BCUT2D eigenvalue weighted by atomic mass is 35.5. The molecule has 30 heavy (non-hydrogen) atoms. The number of nitrogens with zero attached hydrogens (tertiary/aromatic N) is 3. The Morgan fingerprint density at radius 1 is 1.13 bits per heavy atom. The maximum atomic E-state index is 13.0. The molecule has 0 bridgehead atoms. The molecule has 156 valence electrons. The first-order valence-corrected chi connectivity index (χ1v) is 10.1. The highest BCUT2D eigenvalue weighted by Gasteiger charge is 2.23. The first-order chi connectivity index (χ1) is 14.5. The van der Waals surface area contributed by atoms with Crippen molar-refractivity contribution >= 4 is 39.9 Å². The van der Waals surface area contributed by atoms with Gasteiger partial charge in [-0.25, -0.2) is 9.18 Å². The summed E-state index contributed by atoms with van der Waals surface area (Å²) in [5.74, 6) is -0.333. The second-order valence-corrected chi connectivity index (χ2v) is 7.57. The van der Waals surface area contributed by atoms with Crippen LogP contribution in [0.2, 0.25) is 5.02 Å². The van der Waals surface area contributed by atoms with Crippen LogP contribution in [0, 0.1) is 5.82 Å². The average molecular weight is 429 g/mol. The lowest BCUT2D eigenvalue weighted by Gasteiger charge is -2.36. The predicted molar refractivity (Wildman–Crippen MR) is 117 cm³/mol. The lowest BCUT2D eigenvalue weighted by atomic mass is 10.1. The summed E-state index contributed by atoms with van der Waals surface area (Å²) in [6, 6.07) is 13.3. The van der Waals surface area contributed by atoms with Gasteiger partial charge in [0.15, 0.2) is 0 Å². The van der Waals surface area contributed by atoms with Gasteiger partial charge in [0.05, 0.1) is 17.8 Å². The molecule has 2 heterocycles. The van der Waals surface area contributed by atoms with Gasteiger partial charge in [-0.2, -0.15) is 0 Å². The Bertz CT molecular complexity index is 1050. The van der Waals surface area contributed by atoms with Crippen LogP contribution in [0.1, 0.15) is 5.69 Å². The van der Waals surface area contributed by atoms with Gasteiger partial charge >= 0.3 is 6.03 Å². The molecular formula is C22H22ClFN4O2. The van der Waals surface area contributed by atoms with Crippen LogP contribution in [-0.2, 0) is 11.3 Å². The van der Waals surface area contributed by atoms with E-state index in [2.05, 4.69) is 15.2 Å². The molecule has 8 heteroatoms. The third-order valence-corrected chi connectivity index (χ3v) is 5.33. The van der Waals surface area contributed by atoms with Crippen molar-refractivity contribution in [2.45, 2.75) is 6.61 Å². The van der Waals surface area contributed by atoms with E-state index < -0.39 is 0 Å². The van der Waals surface area contributed by atoms with Gasteiger partial charge in [-0.1, -0.05) is 11.6 Å². The molecule has 6 nitrogen and oxygen atoms in total. The van der Waals surface area contributed by atoms with Crippen molar-refractivity contribution < 1.29 is 13.9 Å². The molecule has 1 fully saturated rings. The minimum atomic E-state index is -0.333. The van der Waals surface area contributed by atoms with E-state index in [1.165, 1.54) is 12.1 Å². The van der Waals surface area contributed by atoms with E-state index in [1.54, 1.807) is 24.1 Å². The summed E-state index contributed by atoms with van der Waals surface area (Å²) in [7, 11) is 1.64. The first kappa shape index (κ1) is 20.4. The molecule has 0 atom stereocenters. The number of benzene rings is 2. The van der Waals surface area contributed by atoms with E-state index >= 15 is 0 Å². The van der Waals surface area contributed by atoms with Crippen molar-refractivity contribution in [1.29, 1.82) is 0 Å². The largest absolute Gasteiger partial charge is 0.378 e. The zero-order valence-electron chi connectivity index (χ0n) is 16.6. The molecule has 3 aromatic rings. The average Bonchev–Trinajstić information content (AvgIpc) is 2.75. The standard InChI is InChI=1S/C22H22ClFN4O2/c1-30-14-18-13-21(19-7-2-15(23)12-20(19)25-18)27-8-10-28(11-9-27)22(29)26-17-5-3-16(24)4-6-17/h2-7,12-13H,8-11,14H2,1H3,(H,26,29). The molecule has 1 aromatic heterocycles. The number of anilines is 2. The third-order valence-electron chi connectivity index (χ3n) is 5.10. The smallest absolute Gasteiger partial charge is 0.321 e. The fourth-order valence-corrected chi connectivity index (χ4v) is 3.77. The monoisotopic (exact) mass is 428 g/mol. The van der Waals surface area contributed by atoms with Crippen LogP contribution >= 0.6 is 11.6 Å². The van der Waals surface area contributed by atoms with Crippen molar-refractivity contribution in [3.8, 4) is 0 Å². The highest BCUT2D eigenvalue weighted by molar-refractivity contribution is 6.31. The van der Waals surface area contributed by atoms with Gasteiger partial charge in [-0.3, -0.25) is 4.98 Å². The quantitative estimate of drug-likeness (QED) is 0.663. The van der Waals surface area contributed by atoms with Crippen LogP contribution in [0.5, 0.6) is 0 Å². The predicted octanol–water partition coefficient (Wildman–Crippen LogP) is 4.53. The van der Waals surface area contributed by atoms with E-state index in [9.17, 15) is 9.18 Å². The van der Waals surface area contributed by atoms with Gasteiger partial charge < -0.3 is 19.9 Å². The van der Waals surface area contributed by atoms with Gasteiger partial charge in [0.1, 0.15) is 5.82 Å². The van der Waals surface area contributed by atoms with Crippen molar-refractivity contribution in [2.24, 2.45) is 0 Å². The van der Waals surface area contributed by atoms with Crippen molar-refractivity contribution in [3.05, 3.63) is 65.1 Å². The van der Waals surface area contributed by atoms with Crippen molar-refractivity contribution in [2.75, 3.05) is 43.5 Å². The number of hydrogen-bond donors (Lipinski definition) is 1. The maximum Gasteiger partial charge on any atom is 0.321 e. The Morgan fingerprint density at radius 2 is 1.87 bits per heavy atom. The van der Waals surface area contributed by atoms with Gasteiger partial charge in [0.2, 0.25) is 0 Å². The van der Waals surface area contributed by atoms with Crippen molar-refractivity contribution in [3.63, 3.8) is 0 Å². The van der Waals surface area contributed by atoms with Crippen LogP contribution < -0.4 is 10.2 Å². The highest BCUT2D eigenvalue weighted by Crippen LogP contribution is 2.30. The van der Waals surface area contributed by atoms with Crippen LogP contribution in [0.3, 0.4) is 0 Å². The van der Waals surface area contributed by atoms with Crippen molar-refractivity contribution in [1.82, 2.24) is 9.88 Å². The zero-order chi connectivity index (χ0) is 21.1. The number of rotatable bonds is 4. The molecule has 0 spiro atoms. The molecule has 2 aromatic carbocycles. The van der Waals surface area contributed by atoms with E-state index in [-0.39, 0.29) is 11.8 Å². The van der Waals surface area contributed by atoms with Gasteiger partial charge in [0, 0.05) is 55.1 Å². The van der Waals surface area contributed by atoms with Gasteiger partial charge in [0.25, 0.3) is 0 Å². The topological polar surface area (TPSA) is 57.7 Å². The molecule has 0 aliphatic carbocycles. The molecule has 4 rings (SSSR count). The Labute approximate surface area is 179 Å². The number of carbonyl (C=O) groups is 1. The number of hydrogen-bond acceptors (Lipinski definition) is 4. The number of pyridine rings is 1. The zero-order valence-corrected chi connectivity index (χ0v) is 17.3. The number of urea groups is 1. The SMILES string of the molecule is COCc1cc(N2CCN(C(=O)Nc3ccc(F)cc3)CC2)c2ccc(Cl)cc2n1. The minimum absolute atomic E-state index is 0.187. The number of aromatic nitrogens is 1. The van der Waals surface area contributed by atoms with Crippen LogP contribution in [-0.4, -0.2) is 49.2 Å². The Balaban J connectivity index is 1.48. The van der Waals surface area contributed by atoms with Gasteiger partial charge in [-0.15, -0.1) is 0 Å². The molecular weight excluding hydrogens is 407 g/mol. The number of halogens is 2. The molecule has 1 aliphatic heterocycles. The summed E-state index contributed by atoms with van der Waals surface area (Å²) >= 11 is 6.16. The van der Waals surface area contributed by atoms with E-state index in [4.69, 9.17) is 16.3 Å². The molecule has 2 amide bonds. The van der Waals surface area contributed by atoms with Crippen LogP contribution in [0.25, 0.3) is 10.9 Å². The number of fused-ring (bicyclic) bond motifs is 1. The van der Waals surface area contributed by atoms with E-state index in [0.717, 1.165) is 22.3 Å². The third kappa shape index (κ3) is 4.47. The lowest BCUT2D eigenvalue weighted by Crippen LogP contribution is -2.50. The van der Waals surface area contributed by atoms with E-state index in [0.29, 0.717) is 43.5 Å². The number of methoxy groups -OCH3 is 1. The number of ether oxygens (including phenoxy) is 1. The lowest BCUT2D eigenvalue weighted by molar-refractivity contribution is 0.182.